The molecule has 8 heteroatoms. The molecular formula is C12H16Cl5FN2. The number of rotatable bonds is 3. The zero-order chi connectivity index (χ0) is 13.1. The summed E-state index contributed by atoms with van der Waals surface area (Å²) >= 11 is 18.3. The number of halogens is 6. The average molecular weight is 385 g/mol. The van der Waals surface area contributed by atoms with Gasteiger partial charge in [-0.15, -0.1) is 24.8 Å². The molecular weight excluding hydrogens is 368 g/mol. The molecule has 0 aromatic heterocycles. The number of hydrogen-bond acceptors (Lipinski definition) is 2. The van der Waals surface area contributed by atoms with Crippen LogP contribution in [0.5, 0.6) is 0 Å². The van der Waals surface area contributed by atoms with Gasteiger partial charge in [-0.2, -0.15) is 0 Å². The highest BCUT2D eigenvalue weighted by atomic mass is 35.5. The predicted molar refractivity (Wildman–Crippen MR) is 89.1 cm³/mol. The first-order valence-electron chi connectivity index (χ1n) is 5.79. The molecule has 1 aromatic rings. The third-order valence-electron chi connectivity index (χ3n) is 3.15. The summed E-state index contributed by atoms with van der Waals surface area (Å²) in [7, 11) is 0. The molecule has 1 aliphatic heterocycles. The number of benzene rings is 1. The summed E-state index contributed by atoms with van der Waals surface area (Å²) in [5.74, 6) is 0. The van der Waals surface area contributed by atoms with Crippen LogP contribution < -0.4 is 5.32 Å². The molecule has 0 amide bonds. The predicted octanol–water partition coefficient (Wildman–Crippen LogP) is 4.41. The Morgan fingerprint density at radius 3 is 2.20 bits per heavy atom. The van der Waals surface area contributed by atoms with Crippen molar-refractivity contribution < 1.29 is 4.39 Å². The Bertz CT molecular complexity index is 427. The molecule has 0 saturated carbocycles. The van der Waals surface area contributed by atoms with Crippen molar-refractivity contribution in [3.8, 4) is 0 Å². The fourth-order valence-corrected chi connectivity index (χ4v) is 2.99. The first-order valence-corrected chi connectivity index (χ1v) is 6.92. The lowest BCUT2D eigenvalue weighted by Gasteiger charge is -2.34. The largest absolute Gasteiger partial charge is 0.314 e. The summed E-state index contributed by atoms with van der Waals surface area (Å²) in [4.78, 5) is 2.04. The number of nitrogens with one attached hydrogen (secondary N) is 1. The van der Waals surface area contributed by atoms with Gasteiger partial charge < -0.3 is 5.32 Å². The minimum Gasteiger partial charge on any atom is -0.314 e. The highest BCUT2D eigenvalue weighted by Crippen LogP contribution is 2.38. The molecule has 0 aliphatic carbocycles. The molecule has 0 bridgehead atoms. The number of alkyl halides is 1. The Hall–Kier alpha value is 0.520. The van der Waals surface area contributed by atoms with Crippen LogP contribution in [0.3, 0.4) is 0 Å². The molecule has 1 heterocycles. The normalized spacial score (nSPS) is 17.0. The van der Waals surface area contributed by atoms with Crippen LogP contribution >= 0.6 is 59.6 Å². The van der Waals surface area contributed by atoms with E-state index in [4.69, 9.17) is 34.8 Å². The summed E-state index contributed by atoms with van der Waals surface area (Å²) in [5.41, 5.74) is 0.593. The summed E-state index contributed by atoms with van der Waals surface area (Å²) in [6.45, 7) is 2.69. The lowest BCUT2D eigenvalue weighted by Crippen LogP contribution is -2.45. The quantitative estimate of drug-likeness (QED) is 0.777. The maximum absolute atomic E-state index is 13.4. The van der Waals surface area contributed by atoms with E-state index in [0.717, 1.165) is 26.2 Å². The molecule has 0 unspecified atom stereocenters. The van der Waals surface area contributed by atoms with Crippen molar-refractivity contribution in [2.45, 2.75) is 6.04 Å². The third kappa shape index (κ3) is 4.51. The highest BCUT2D eigenvalue weighted by molar-refractivity contribution is 6.44. The van der Waals surface area contributed by atoms with E-state index in [-0.39, 0.29) is 24.8 Å². The summed E-state index contributed by atoms with van der Waals surface area (Å²) in [5, 5.41) is 4.45. The molecule has 1 N–H and O–H groups in total. The summed E-state index contributed by atoms with van der Waals surface area (Å²) in [6, 6.07) is 2.87. The Labute approximate surface area is 145 Å². The second-order valence-corrected chi connectivity index (χ2v) is 5.41. The van der Waals surface area contributed by atoms with Gasteiger partial charge in [0.1, 0.15) is 6.67 Å². The van der Waals surface area contributed by atoms with E-state index in [1.165, 1.54) is 0 Å². The van der Waals surface area contributed by atoms with Crippen LogP contribution in [-0.2, 0) is 0 Å². The van der Waals surface area contributed by atoms with Crippen LogP contribution in [0.1, 0.15) is 11.6 Å². The minimum atomic E-state index is -0.528. The van der Waals surface area contributed by atoms with Crippen LogP contribution in [0.25, 0.3) is 0 Å². The molecule has 1 fully saturated rings. The van der Waals surface area contributed by atoms with Gasteiger partial charge in [0.25, 0.3) is 0 Å². The minimum absolute atomic E-state index is 0. The topological polar surface area (TPSA) is 15.3 Å². The van der Waals surface area contributed by atoms with Crippen molar-refractivity contribution in [2.24, 2.45) is 0 Å². The molecule has 2 nitrogen and oxygen atoms in total. The third-order valence-corrected chi connectivity index (χ3v) is 4.30. The maximum Gasteiger partial charge on any atom is 0.109 e. The van der Waals surface area contributed by atoms with E-state index in [1.54, 1.807) is 12.1 Å². The van der Waals surface area contributed by atoms with E-state index in [1.807, 2.05) is 4.90 Å². The molecule has 2 rings (SSSR count). The SMILES string of the molecule is Cl.Cl.FC[C@H](c1c(Cl)ccc(Cl)c1Cl)N1CCNCC1. The number of nitrogens with zero attached hydrogens (tertiary/aromatic N) is 1. The Balaban J connectivity index is 0.00000180. The number of hydrogen-bond donors (Lipinski definition) is 1. The van der Waals surface area contributed by atoms with E-state index in [9.17, 15) is 4.39 Å². The first-order chi connectivity index (χ1) is 8.65. The standard InChI is InChI=1S/C12H14Cl3FN2.2ClH/c13-8-1-2-9(14)12(15)11(8)10(7-16)18-5-3-17-4-6-18;;/h1-2,10,17H,3-7H2;2*1H/t10-;;/m1../s1. The van der Waals surface area contributed by atoms with Gasteiger partial charge in [0, 0.05) is 36.8 Å². The van der Waals surface area contributed by atoms with Crippen molar-refractivity contribution in [3.63, 3.8) is 0 Å². The lowest BCUT2D eigenvalue weighted by molar-refractivity contribution is 0.147. The second-order valence-electron chi connectivity index (χ2n) is 4.21. The van der Waals surface area contributed by atoms with Gasteiger partial charge in [-0.1, -0.05) is 34.8 Å². The van der Waals surface area contributed by atoms with Crippen LogP contribution in [0, 0.1) is 0 Å². The molecule has 116 valence electrons. The van der Waals surface area contributed by atoms with E-state index >= 15 is 0 Å². The first kappa shape index (κ1) is 20.5. The Morgan fingerprint density at radius 2 is 1.65 bits per heavy atom. The fourth-order valence-electron chi connectivity index (χ4n) is 2.20. The van der Waals surface area contributed by atoms with Gasteiger partial charge in [-0.05, 0) is 12.1 Å². The maximum atomic E-state index is 13.4. The summed E-state index contributed by atoms with van der Waals surface area (Å²) < 4.78 is 13.4. The molecule has 1 atom stereocenters. The fraction of sp³-hybridized carbons (Fsp3) is 0.500. The zero-order valence-corrected chi connectivity index (χ0v) is 14.4. The van der Waals surface area contributed by atoms with Gasteiger partial charge in [0.2, 0.25) is 0 Å². The summed E-state index contributed by atoms with van der Waals surface area (Å²) in [6.07, 6.45) is 0. The van der Waals surface area contributed by atoms with Gasteiger partial charge in [0.15, 0.2) is 0 Å². The number of piperazine rings is 1. The van der Waals surface area contributed by atoms with E-state index in [2.05, 4.69) is 5.32 Å². The van der Waals surface area contributed by atoms with Crippen molar-refractivity contribution in [2.75, 3.05) is 32.9 Å². The Morgan fingerprint density at radius 1 is 1.10 bits per heavy atom. The van der Waals surface area contributed by atoms with Crippen LogP contribution in [0.4, 0.5) is 4.39 Å². The van der Waals surface area contributed by atoms with Crippen molar-refractivity contribution in [1.82, 2.24) is 10.2 Å². The molecule has 0 spiro atoms. The molecule has 20 heavy (non-hydrogen) atoms. The van der Waals surface area contributed by atoms with Crippen molar-refractivity contribution in [3.05, 3.63) is 32.8 Å². The molecule has 1 aliphatic rings. The molecule has 1 saturated heterocycles. The van der Waals surface area contributed by atoms with Gasteiger partial charge in [-0.25, -0.2) is 4.39 Å². The van der Waals surface area contributed by atoms with Crippen molar-refractivity contribution >= 4 is 59.6 Å². The van der Waals surface area contributed by atoms with E-state index < -0.39 is 12.7 Å². The molecule has 1 aromatic carbocycles. The lowest BCUT2D eigenvalue weighted by atomic mass is 10.1. The Kier molecular flexibility index (Phi) is 9.77. The molecule has 0 radical (unpaired) electrons. The van der Waals surface area contributed by atoms with Crippen LogP contribution in [-0.4, -0.2) is 37.8 Å². The van der Waals surface area contributed by atoms with Gasteiger partial charge in [-0.3, -0.25) is 4.90 Å². The van der Waals surface area contributed by atoms with Crippen molar-refractivity contribution in [1.29, 1.82) is 0 Å². The van der Waals surface area contributed by atoms with Gasteiger partial charge in [0.05, 0.1) is 16.1 Å². The van der Waals surface area contributed by atoms with Crippen LogP contribution in [0.15, 0.2) is 12.1 Å². The van der Waals surface area contributed by atoms with E-state index in [0.29, 0.717) is 20.6 Å². The second kappa shape index (κ2) is 9.52. The van der Waals surface area contributed by atoms with Crippen LogP contribution in [0.2, 0.25) is 15.1 Å². The van der Waals surface area contributed by atoms with Gasteiger partial charge >= 0.3 is 0 Å². The zero-order valence-electron chi connectivity index (χ0n) is 10.5. The highest BCUT2D eigenvalue weighted by Gasteiger charge is 2.26. The smallest absolute Gasteiger partial charge is 0.109 e. The average Bonchev–Trinajstić information content (AvgIpc) is 2.40. The monoisotopic (exact) mass is 382 g/mol.